The lowest BCUT2D eigenvalue weighted by Gasteiger charge is -2.08. The Morgan fingerprint density at radius 1 is 1.25 bits per heavy atom. The summed E-state index contributed by atoms with van der Waals surface area (Å²) in [4.78, 5) is 28.2. The number of pyridine rings is 1. The summed E-state index contributed by atoms with van der Waals surface area (Å²) in [7, 11) is 0. The highest BCUT2D eigenvalue weighted by atomic mass is 35.5. The predicted molar refractivity (Wildman–Crippen MR) is 87.0 cm³/mol. The largest absolute Gasteiger partial charge is 0.455 e. The lowest BCUT2D eigenvalue weighted by atomic mass is 10.2. The molecule has 3 aromatic rings. The van der Waals surface area contributed by atoms with Gasteiger partial charge in [0.25, 0.3) is 5.56 Å². The Hall–Kier alpha value is -2.44. The van der Waals surface area contributed by atoms with Gasteiger partial charge in [0, 0.05) is 12.3 Å². The first kappa shape index (κ1) is 16.4. The fourth-order valence-electron chi connectivity index (χ4n) is 2.10. The fourth-order valence-corrected chi connectivity index (χ4v) is 2.51. The zero-order valence-electron chi connectivity index (χ0n) is 12.0. The molecule has 1 aromatic carbocycles. The van der Waals surface area contributed by atoms with E-state index < -0.39 is 11.8 Å². The summed E-state index contributed by atoms with van der Waals surface area (Å²) in [5.41, 5.74) is -0.161. The summed E-state index contributed by atoms with van der Waals surface area (Å²) in [6.07, 6.45) is 1.43. The minimum Gasteiger partial charge on any atom is -0.455 e. The Labute approximate surface area is 145 Å². The molecule has 122 valence electrons. The first-order chi connectivity index (χ1) is 11.5. The second kappa shape index (κ2) is 6.59. The van der Waals surface area contributed by atoms with Crippen molar-refractivity contribution in [3.05, 3.63) is 80.1 Å². The Morgan fingerprint density at radius 2 is 2.04 bits per heavy atom. The number of halogens is 3. The van der Waals surface area contributed by atoms with Gasteiger partial charge < -0.3 is 4.74 Å². The number of rotatable bonds is 3. The number of carbonyl (C=O) groups is 1. The summed E-state index contributed by atoms with van der Waals surface area (Å²) in [6, 6.07) is 8.21. The third kappa shape index (κ3) is 3.25. The molecule has 5 nitrogen and oxygen atoms in total. The van der Waals surface area contributed by atoms with Crippen LogP contribution >= 0.6 is 23.2 Å². The molecule has 0 spiro atoms. The maximum Gasteiger partial charge on any atom is 0.343 e. The second-order valence-electron chi connectivity index (χ2n) is 4.83. The third-order valence-corrected chi connectivity index (χ3v) is 3.73. The maximum absolute atomic E-state index is 13.7. The van der Waals surface area contributed by atoms with Crippen molar-refractivity contribution in [1.29, 1.82) is 0 Å². The normalized spacial score (nSPS) is 10.8. The quantitative estimate of drug-likeness (QED) is 0.665. The van der Waals surface area contributed by atoms with Crippen molar-refractivity contribution < 1.29 is 13.9 Å². The van der Waals surface area contributed by atoms with Crippen LogP contribution in [-0.2, 0) is 11.3 Å². The summed E-state index contributed by atoms with van der Waals surface area (Å²) in [5, 5.41) is 0.334. The molecular formula is C16H9Cl2FN2O3. The van der Waals surface area contributed by atoms with E-state index in [4.69, 9.17) is 27.9 Å². The second-order valence-corrected chi connectivity index (χ2v) is 5.68. The molecule has 0 aliphatic heterocycles. The van der Waals surface area contributed by atoms with Gasteiger partial charge in [0.2, 0.25) is 0 Å². The van der Waals surface area contributed by atoms with Gasteiger partial charge >= 0.3 is 5.97 Å². The molecule has 0 bridgehead atoms. The molecule has 0 atom stereocenters. The van der Waals surface area contributed by atoms with Crippen LogP contribution in [0.25, 0.3) is 5.65 Å². The topological polar surface area (TPSA) is 60.7 Å². The van der Waals surface area contributed by atoms with E-state index in [1.807, 2.05) is 0 Å². The minimum absolute atomic E-state index is 0.0545. The van der Waals surface area contributed by atoms with E-state index >= 15 is 0 Å². The highest BCUT2D eigenvalue weighted by Crippen LogP contribution is 2.20. The molecule has 0 N–H and O–H groups in total. The average Bonchev–Trinajstić information content (AvgIpc) is 2.53. The number of esters is 1. The number of nitrogens with zero attached hydrogens (tertiary/aromatic N) is 2. The lowest BCUT2D eigenvalue weighted by Crippen LogP contribution is -2.17. The van der Waals surface area contributed by atoms with Gasteiger partial charge in [-0.3, -0.25) is 9.20 Å². The molecule has 0 unspecified atom stereocenters. The van der Waals surface area contributed by atoms with Crippen LogP contribution in [0.5, 0.6) is 0 Å². The number of hydrogen-bond acceptors (Lipinski definition) is 4. The van der Waals surface area contributed by atoms with Crippen molar-refractivity contribution in [2.45, 2.75) is 6.61 Å². The Kier molecular flexibility index (Phi) is 4.51. The van der Waals surface area contributed by atoms with E-state index in [9.17, 15) is 14.0 Å². The molecule has 0 saturated heterocycles. The van der Waals surface area contributed by atoms with Crippen molar-refractivity contribution in [1.82, 2.24) is 9.38 Å². The smallest absolute Gasteiger partial charge is 0.343 e. The van der Waals surface area contributed by atoms with Gasteiger partial charge in [-0.05, 0) is 24.3 Å². The molecule has 0 saturated carbocycles. The van der Waals surface area contributed by atoms with Gasteiger partial charge in [0.05, 0.1) is 15.7 Å². The monoisotopic (exact) mass is 366 g/mol. The van der Waals surface area contributed by atoms with Crippen LogP contribution in [0.2, 0.25) is 10.0 Å². The van der Waals surface area contributed by atoms with Crippen LogP contribution in [0.1, 0.15) is 16.1 Å². The zero-order valence-corrected chi connectivity index (χ0v) is 13.5. The van der Waals surface area contributed by atoms with Gasteiger partial charge in [0.15, 0.2) is 0 Å². The molecule has 0 amide bonds. The number of carbonyl (C=O) groups excluding carboxylic acids is 1. The highest BCUT2D eigenvalue weighted by Gasteiger charge is 2.17. The van der Waals surface area contributed by atoms with Crippen LogP contribution < -0.4 is 5.56 Å². The molecule has 3 rings (SSSR count). The van der Waals surface area contributed by atoms with E-state index in [0.717, 1.165) is 6.07 Å². The summed E-state index contributed by atoms with van der Waals surface area (Å²) in [6.45, 7) is -0.294. The van der Waals surface area contributed by atoms with Gasteiger partial charge in [-0.15, -0.1) is 0 Å². The van der Waals surface area contributed by atoms with Crippen molar-refractivity contribution in [2.24, 2.45) is 0 Å². The van der Waals surface area contributed by atoms with Crippen molar-refractivity contribution in [2.75, 3.05) is 0 Å². The van der Waals surface area contributed by atoms with Crippen LogP contribution in [0, 0.1) is 5.82 Å². The van der Waals surface area contributed by atoms with E-state index in [0.29, 0.717) is 10.7 Å². The van der Waals surface area contributed by atoms with Gasteiger partial charge in [-0.1, -0.05) is 29.3 Å². The first-order valence-corrected chi connectivity index (χ1v) is 7.50. The van der Waals surface area contributed by atoms with E-state index in [2.05, 4.69) is 4.98 Å². The highest BCUT2D eigenvalue weighted by molar-refractivity contribution is 6.33. The molecule has 0 aliphatic rings. The summed E-state index contributed by atoms with van der Waals surface area (Å²) >= 11 is 11.6. The number of benzene rings is 1. The number of ether oxygens (including phenoxy) is 1. The summed E-state index contributed by atoms with van der Waals surface area (Å²) < 4.78 is 19.9. The standard InChI is InChI=1S/C16H9Cl2FN2O3/c17-9-4-5-13-20-10(6-14(22)21(13)7-9)8-24-16(23)15-11(18)2-1-3-12(15)19/h1-7H,8H2. The van der Waals surface area contributed by atoms with E-state index in [1.54, 1.807) is 12.1 Å². The van der Waals surface area contributed by atoms with Crippen LogP contribution in [0.3, 0.4) is 0 Å². The van der Waals surface area contributed by atoms with E-state index in [-0.39, 0.29) is 28.4 Å². The minimum atomic E-state index is -0.934. The first-order valence-electron chi connectivity index (χ1n) is 6.74. The molecule has 0 aliphatic carbocycles. The molecular weight excluding hydrogens is 358 g/mol. The third-order valence-electron chi connectivity index (χ3n) is 3.19. The molecule has 2 aromatic heterocycles. The molecule has 24 heavy (non-hydrogen) atoms. The molecule has 0 radical (unpaired) electrons. The Balaban J connectivity index is 1.85. The fraction of sp³-hybridized carbons (Fsp3) is 0.0625. The predicted octanol–water partition coefficient (Wildman–Crippen LogP) is 3.50. The van der Waals surface area contributed by atoms with Crippen LogP contribution in [0.4, 0.5) is 4.39 Å². The number of hydrogen-bond donors (Lipinski definition) is 0. The molecule has 0 fully saturated rings. The SMILES string of the molecule is O=C(OCc1cc(=O)n2cc(Cl)ccc2n1)c1c(F)cccc1Cl. The number of fused-ring (bicyclic) bond motifs is 1. The average molecular weight is 367 g/mol. The van der Waals surface area contributed by atoms with Crippen LogP contribution in [-0.4, -0.2) is 15.4 Å². The number of aromatic nitrogens is 2. The zero-order chi connectivity index (χ0) is 17.3. The van der Waals surface area contributed by atoms with E-state index in [1.165, 1.54) is 28.8 Å². The maximum atomic E-state index is 13.7. The molecule has 2 heterocycles. The van der Waals surface area contributed by atoms with Crippen molar-refractivity contribution in [3.63, 3.8) is 0 Å². The van der Waals surface area contributed by atoms with Gasteiger partial charge in [-0.25, -0.2) is 14.2 Å². The van der Waals surface area contributed by atoms with Crippen molar-refractivity contribution in [3.8, 4) is 0 Å². The van der Waals surface area contributed by atoms with Crippen molar-refractivity contribution >= 4 is 34.8 Å². The molecule has 8 heteroatoms. The Morgan fingerprint density at radius 3 is 2.79 bits per heavy atom. The van der Waals surface area contributed by atoms with Gasteiger partial charge in [0.1, 0.15) is 23.6 Å². The van der Waals surface area contributed by atoms with Crippen LogP contribution in [0.15, 0.2) is 47.4 Å². The van der Waals surface area contributed by atoms with Gasteiger partial charge in [-0.2, -0.15) is 0 Å². The Bertz CT molecular complexity index is 984. The summed E-state index contributed by atoms with van der Waals surface area (Å²) in [5.74, 6) is -1.72. The lowest BCUT2D eigenvalue weighted by molar-refractivity contribution is 0.0462.